The molecule has 1 aliphatic rings. The van der Waals surface area contributed by atoms with Crippen LogP contribution < -0.4 is 0 Å². The molecule has 1 saturated heterocycles. The van der Waals surface area contributed by atoms with E-state index in [0.717, 1.165) is 13.0 Å². The molecule has 0 spiro atoms. The van der Waals surface area contributed by atoms with E-state index in [-0.39, 0.29) is 28.4 Å². The van der Waals surface area contributed by atoms with Gasteiger partial charge in [-0.15, -0.1) is 17.0 Å². The maximum absolute atomic E-state index is 11.4. The van der Waals surface area contributed by atoms with Gasteiger partial charge in [0.05, 0.1) is 6.54 Å². The summed E-state index contributed by atoms with van der Waals surface area (Å²) in [5.74, 6) is 0.680. The highest BCUT2D eigenvalue weighted by atomic mass is 79.9. The van der Waals surface area contributed by atoms with Gasteiger partial charge in [-0.2, -0.15) is 0 Å². The average Bonchev–Trinajstić information content (AvgIpc) is 1.92. The Balaban J connectivity index is 0.00000144. The number of hydrogen-bond acceptors (Lipinski definition) is 2. The first-order valence-electron chi connectivity index (χ1n) is 4.69. The zero-order valence-corrected chi connectivity index (χ0v) is 10.7. The van der Waals surface area contributed by atoms with Crippen LogP contribution in [0.25, 0.3) is 0 Å². The van der Waals surface area contributed by atoms with Crippen molar-refractivity contribution < 1.29 is 4.79 Å². The summed E-state index contributed by atoms with van der Waals surface area (Å²) >= 11 is 0. The summed E-state index contributed by atoms with van der Waals surface area (Å²) in [6.45, 7) is 10.2. The van der Waals surface area contributed by atoms with E-state index < -0.39 is 0 Å². The Morgan fingerprint density at radius 1 is 1.38 bits per heavy atom. The minimum atomic E-state index is 0. The van der Waals surface area contributed by atoms with E-state index >= 15 is 0 Å². The number of halogens is 1. The molecular formula is C10H20BrNO. The predicted molar refractivity (Wildman–Crippen MR) is 60.4 cm³/mol. The number of carbonyl (C=O) groups is 1. The largest absolute Gasteiger partial charge is 0.298 e. The van der Waals surface area contributed by atoms with Gasteiger partial charge in [0.2, 0.25) is 0 Å². The van der Waals surface area contributed by atoms with Crippen molar-refractivity contribution in [1.82, 2.24) is 4.90 Å². The van der Waals surface area contributed by atoms with Crippen LogP contribution in [0.1, 0.15) is 34.1 Å². The maximum atomic E-state index is 11.4. The van der Waals surface area contributed by atoms with Gasteiger partial charge >= 0.3 is 0 Å². The Morgan fingerprint density at radius 3 is 2.31 bits per heavy atom. The van der Waals surface area contributed by atoms with Gasteiger partial charge in [-0.3, -0.25) is 9.69 Å². The standard InChI is InChI=1S/C10H19NO.BrH/c1-8-5-6-11(7-9(8)12)10(2,3)4;/h8H,5-7H2,1-4H3;1H. The molecule has 1 fully saturated rings. The Hall–Kier alpha value is 0.110. The highest BCUT2D eigenvalue weighted by molar-refractivity contribution is 8.93. The van der Waals surface area contributed by atoms with Crippen molar-refractivity contribution in [2.24, 2.45) is 5.92 Å². The summed E-state index contributed by atoms with van der Waals surface area (Å²) in [6, 6.07) is 0. The number of hydrogen-bond donors (Lipinski definition) is 0. The first-order chi connectivity index (χ1) is 5.41. The number of nitrogens with zero attached hydrogens (tertiary/aromatic N) is 1. The molecule has 13 heavy (non-hydrogen) atoms. The van der Waals surface area contributed by atoms with Crippen molar-refractivity contribution in [3.8, 4) is 0 Å². The smallest absolute Gasteiger partial charge is 0.149 e. The summed E-state index contributed by atoms with van der Waals surface area (Å²) in [4.78, 5) is 13.7. The molecule has 0 radical (unpaired) electrons. The second-order valence-electron chi connectivity index (χ2n) is 4.75. The molecule has 1 atom stereocenters. The van der Waals surface area contributed by atoms with Crippen molar-refractivity contribution in [2.45, 2.75) is 39.7 Å². The first-order valence-corrected chi connectivity index (χ1v) is 4.69. The van der Waals surface area contributed by atoms with Crippen molar-refractivity contribution >= 4 is 22.8 Å². The Bertz CT molecular complexity index is 186. The summed E-state index contributed by atoms with van der Waals surface area (Å²) in [6.07, 6.45) is 1.02. The van der Waals surface area contributed by atoms with E-state index in [1.165, 1.54) is 0 Å². The fourth-order valence-corrected chi connectivity index (χ4v) is 1.51. The lowest BCUT2D eigenvalue weighted by molar-refractivity contribution is -0.128. The summed E-state index contributed by atoms with van der Waals surface area (Å²) in [5.41, 5.74) is 0.149. The molecule has 1 aliphatic heterocycles. The molecule has 3 heteroatoms. The van der Waals surface area contributed by atoms with Gasteiger partial charge in [0.25, 0.3) is 0 Å². The SMILES string of the molecule is Br.CC1CCN(C(C)(C)C)CC1=O. The van der Waals surface area contributed by atoms with Crippen LogP contribution in [-0.4, -0.2) is 29.3 Å². The molecule has 0 aromatic rings. The average molecular weight is 250 g/mol. The molecule has 0 aromatic carbocycles. The van der Waals surface area contributed by atoms with Crippen molar-refractivity contribution in [3.05, 3.63) is 0 Å². The molecule has 0 aromatic heterocycles. The van der Waals surface area contributed by atoms with Crippen molar-refractivity contribution in [3.63, 3.8) is 0 Å². The molecule has 1 unspecified atom stereocenters. The lowest BCUT2D eigenvalue weighted by atomic mass is 9.93. The number of ketones is 1. The van der Waals surface area contributed by atoms with Crippen LogP contribution in [0.3, 0.4) is 0 Å². The van der Waals surface area contributed by atoms with E-state index in [1.54, 1.807) is 0 Å². The van der Waals surface area contributed by atoms with Gasteiger partial charge in [-0.25, -0.2) is 0 Å². The fraction of sp³-hybridized carbons (Fsp3) is 0.900. The second-order valence-corrected chi connectivity index (χ2v) is 4.75. The lowest BCUT2D eigenvalue weighted by Gasteiger charge is -2.39. The first kappa shape index (κ1) is 13.1. The molecule has 2 nitrogen and oxygen atoms in total. The van der Waals surface area contributed by atoms with Crippen molar-refractivity contribution in [1.29, 1.82) is 0 Å². The molecule has 78 valence electrons. The van der Waals surface area contributed by atoms with Gasteiger partial charge in [0.15, 0.2) is 0 Å². The third-order valence-electron chi connectivity index (χ3n) is 2.68. The van der Waals surface area contributed by atoms with Gasteiger partial charge in [0.1, 0.15) is 5.78 Å². The quantitative estimate of drug-likeness (QED) is 0.657. The lowest BCUT2D eigenvalue weighted by Crippen LogP contribution is -2.49. The molecule has 1 rings (SSSR count). The summed E-state index contributed by atoms with van der Waals surface area (Å²) in [7, 11) is 0. The van der Waals surface area contributed by atoms with Crippen LogP contribution in [0.15, 0.2) is 0 Å². The Morgan fingerprint density at radius 2 is 1.92 bits per heavy atom. The molecule has 0 aliphatic carbocycles. The zero-order valence-electron chi connectivity index (χ0n) is 8.96. The Kier molecular flexibility index (Phi) is 4.60. The van der Waals surface area contributed by atoms with E-state index in [0.29, 0.717) is 12.3 Å². The van der Waals surface area contributed by atoms with Crippen LogP contribution in [0, 0.1) is 5.92 Å². The molecule has 0 amide bonds. The summed E-state index contributed by atoms with van der Waals surface area (Å²) in [5, 5.41) is 0. The van der Waals surface area contributed by atoms with Crippen LogP contribution in [0.4, 0.5) is 0 Å². The molecule has 0 saturated carbocycles. The number of rotatable bonds is 0. The normalized spacial score (nSPS) is 25.5. The van der Waals surface area contributed by atoms with Crippen molar-refractivity contribution in [2.75, 3.05) is 13.1 Å². The molecule has 0 N–H and O–H groups in total. The Labute approximate surface area is 91.5 Å². The van der Waals surface area contributed by atoms with Crippen LogP contribution >= 0.6 is 17.0 Å². The number of piperidine rings is 1. The van der Waals surface area contributed by atoms with Gasteiger partial charge in [-0.05, 0) is 33.7 Å². The molecular weight excluding hydrogens is 230 g/mol. The third-order valence-corrected chi connectivity index (χ3v) is 2.68. The topological polar surface area (TPSA) is 20.3 Å². The van der Waals surface area contributed by atoms with E-state index in [4.69, 9.17) is 0 Å². The van der Waals surface area contributed by atoms with Crippen LogP contribution in [-0.2, 0) is 4.79 Å². The van der Waals surface area contributed by atoms with Gasteiger partial charge in [-0.1, -0.05) is 6.92 Å². The second kappa shape index (κ2) is 4.56. The monoisotopic (exact) mass is 249 g/mol. The van der Waals surface area contributed by atoms with E-state index in [1.807, 2.05) is 6.92 Å². The van der Waals surface area contributed by atoms with Crippen LogP contribution in [0.5, 0.6) is 0 Å². The maximum Gasteiger partial charge on any atom is 0.149 e. The van der Waals surface area contributed by atoms with E-state index in [2.05, 4.69) is 25.7 Å². The number of Topliss-reactive ketones (excluding diaryl/α,β-unsaturated/α-hetero) is 1. The molecule has 0 bridgehead atoms. The predicted octanol–water partition coefficient (Wildman–Crippen LogP) is 2.27. The van der Waals surface area contributed by atoms with Gasteiger partial charge < -0.3 is 0 Å². The third kappa shape index (κ3) is 3.39. The highest BCUT2D eigenvalue weighted by Crippen LogP contribution is 2.20. The minimum Gasteiger partial charge on any atom is -0.298 e. The molecule has 1 heterocycles. The zero-order chi connectivity index (χ0) is 9.35. The highest BCUT2D eigenvalue weighted by Gasteiger charge is 2.29. The fourth-order valence-electron chi connectivity index (χ4n) is 1.51. The number of carbonyl (C=O) groups excluding carboxylic acids is 1. The van der Waals surface area contributed by atoms with Crippen LogP contribution in [0.2, 0.25) is 0 Å². The number of likely N-dealkylation sites (tertiary alicyclic amines) is 1. The minimum absolute atomic E-state index is 0. The summed E-state index contributed by atoms with van der Waals surface area (Å²) < 4.78 is 0. The van der Waals surface area contributed by atoms with E-state index in [9.17, 15) is 4.79 Å². The van der Waals surface area contributed by atoms with Gasteiger partial charge in [0, 0.05) is 11.5 Å².